The summed E-state index contributed by atoms with van der Waals surface area (Å²) in [6.07, 6.45) is 4.23. The van der Waals surface area contributed by atoms with Gasteiger partial charge in [-0.05, 0) is 17.9 Å². The van der Waals surface area contributed by atoms with Crippen molar-refractivity contribution >= 4 is 28.6 Å². The fourth-order valence-corrected chi connectivity index (χ4v) is 4.27. The molecule has 0 saturated carbocycles. The Labute approximate surface area is 146 Å². The van der Waals surface area contributed by atoms with E-state index >= 15 is 0 Å². The fraction of sp³-hybridized carbons (Fsp3) is 0.625. The molecule has 0 spiro atoms. The van der Waals surface area contributed by atoms with Crippen LogP contribution in [0.5, 0.6) is 0 Å². The average molecular weight is 351 g/mol. The van der Waals surface area contributed by atoms with E-state index in [0.717, 1.165) is 54.2 Å². The maximum Gasteiger partial charge on any atom is 0.151 e. The molecule has 8 heteroatoms. The predicted molar refractivity (Wildman–Crippen MR) is 96.9 cm³/mol. The van der Waals surface area contributed by atoms with Crippen LogP contribution in [0.1, 0.15) is 12.0 Å². The third-order valence-corrected chi connectivity index (χ3v) is 5.66. The molecule has 3 rings (SSSR count). The van der Waals surface area contributed by atoms with Crippen LogP contribution < -0.4 is 5.73 Å². The molecule has 1 unspecified atom stereocenters. The molecule has 0 bridgehead atoms. The number of anilines is 1. The lowest BCUT2D eigenvalue weighted by Gasteiger charge is -2.14. The molecular weight excluding hydrogens is 326 g/mol. The van der Waals surface area contributed by atoms with Gasteiger partial charge in [-0.2, -0.15) is 11.8 Å². The number of H-pyrrole nitrogens is 1. The van der Waals surface area contributed by atoms with E-state index in [0.29, 0.717) is 18.3 Å². The van der Waals surface area contributed by atoms with E-state index in [-0.39, 0.29) is 6.10 Å². The molecule has 1 fully saturated rings. The van der Waals surface area contributed by atoms with Crippen molar-refractivity contribution in [3.05, 3.63) is 18.1 Å². The van der Waals surface area contributed by atoms with Crippen LogP contribution in [0.3, 0.4) is 0 Å². The molecule has 132 valence electrons. The number of hydrogen-bond donors (Lipinski definition) is 3. The van der Waals surface area contributed by atoms with E-state index in [4.69, 9.17) is 10.5 Å². The molecule has 1 saturated heterocycles. The number of aromatic nitrogens is 3. The Balaban J connectivity index is 1.54. The molecule has 2 aromatic heterocycles. The second-order valence-corrected chi connectivity index (χ2v) is 7.39. The molecule has 4 N–H and O–H groups in total. The minimum absolute atomic E-state index is 0.259. The maximum atomic E-state index is 10.3. The molecule has 1 aliphatic rings. The van der Waals surface area contributed by atoms with E-state index in [1.807, 2.05) is 18.0 Å². The van der Waals surface area contributed by atoms with Crippen LogP contribution in [0, 0.1) is 5.92 Å². The molecule has 0 amide bonds. The Kier molecular flexibility index (Phi) is 5.94. The molecule has 2 atom stereocenters. The highest BCUT2D eigenvalue weighted by molar-refractivity contribution is 7.99. The number of aromatic amines is 1. The number of nitrogens with zero attached hydrogens (tertiary/aromatic N) is 3. The van der Waals surface area contributed by atoms with Gasteiger partial charge in [0, 0.05) is 51.0 Å². The first-order valence-corrected chi connectivity index (χ1v) is 9.38. The van der Waals surface area contributed by atoms with Crippen LogP contribution in [0.25, 0.3) is 11.0 Å². The first-order valence-electron chi connectivity index (χ1n) is 8.22. The number of methoxy groups -OCH3 is 1. The summed E-state index contributed by atoms with van der Waals surface area (Å²) < 4.78 is 5.06. The summed E-state index contributed by atoms with van der Waals surface area (Å²) in [5, 5.41) is 10.3. The molecule has 2 aromatic rings. The van der Waals surface area contributed by atoms with Gasteiger partial charge < -0.3 is 20.6 Å². The van der Waals surface area contributed by atoms with Crippen molar-refractivity contribution in [1.29, 1.82) is 0 Å². The zero-order chi connectivity index (χ0) is 16.9. The number of thioether (sulfide) groups is 1. The molecule has 1 aliphatic heterocycles. The topological polar surface area (TPSA) is 100 Å². The number of rotatable bonds is 8. The highest BCUT2D eigenvalue weighted by atomic mass is 32.2. The quantitative estimate of drug-likeness (QED) is 0.612. The zero-order valence-electron chi connectivity index (χ0n) is 13.9. The monoisotopic (exact) mass is 351 g/mol. The van der Waals surface area contributed by atoms with Gasteiger partial charge in [-0.15, -0.1) is 0 Å². The lowest BCUT2D eigenvalue weighted by atomic mass is 10.1. The number of nitrogens with one attached hydrogen (secondary N) is 1. The van der Waals surface area contributed by atoms with Crippen molar-refractivity contribution in [2.45, 2.75) is 19.1 Å². The van der Waals surface area contributed by atoms with Gasteiger partial charge in [0.2, 0.25) is 0 Å². The first kappa shape index (κ1) is 17.5. The van der Waals surface area contributed by atoms with Gasteiger partial charge >= 0.3 is 0 Å². The normalized spacial score (nSPS) is 21.8. The maximum absolute atomic E-state index is 10.3. The van der Waals surface area contributed by atoms with Crippen LogP contribution >= 0.6 is 11.8 Å². The number of ether oxygens (including phenoxy) is 1. The van der Waals surface area contributed by atoms with Crippen molar-refractivity contribution in [3.8, 4) is 0 Å². The second kappa shape index (κ2) is 8.15. The Morgan fingerprint density at radius 3 is 3.17 bits per heavy atom. The number of hydrogen-bond acceptors (Lipinski definition) is 7. The summed E-state index contributed by atoms with van der Waals surface area (Å²) in [6, 6.07) is 0. The van der Waals surface area contributed by atoms with Gasteiger partial charge in [0.1, 0.15) is 11.8 Å². The van der Waals surface area contributed by atoms with E-state index in [2.05, 4.69) is 19.9 Å². The van der Waals surface area contributed by atoms with Crippen molar-refractivity contribution in [3.63, 3.8) is 0 Å². The molecule has 24 heavy (non-hydrogen) atoms. The average Bonchev–Trinajstić information content (AvgIpc) is 3.13. The molecule has 0 aromatic carbocycles. The lowest BCUT2D eigenvalue weighted by molar-refractivity contribution is 0.149. The van der Waals surface area contributed by atoms with Gasteiger partial charge in [0.15, 0.2) is 5.82 Å². The number of aliphatic hydroxyl groups is 1. The highest BCUT2D eigenvalue weighted by Crippen LogP contribution is 2.26. The molecular formula is C16H25N5O2S. The lowest BCUT2D eigenvalue weighted by Crippen LogP contribution is -2.21. The van der Waals surface area contributed by atoms with Crippen LogP contribution in [0.2, 0.25) is 0 Å². The van der Waals surface area contributed by atoms with Gasteiger partial charge in [0.05, 0.1) is 11.6 Å². The van der Waals surface area contributed by atoms with Crippen LogP contribution in [-0.4, -0.2) is 69.4 Å². The molecule has 3 heterocycles. The largest absolute Gasteiger partial charge is 0.391 e. The minimum atomic E-state index is -0.259. The highest BCUT2D eigenvalue weighted by Gasteiger charge is 2.31. The van der Waals surface area contributed by atoms with Crippen LogP contribution in [-0.2, 0) is 11.3 Å². The zero-order valence-corrected chi connectivity index (χ0v) is 14.8. The molecule has 0 radical (unpaired) electrons. The van der Waals surface area contributed by atoms with Crippen LogP contribution in [0.15, 0.2) is 12.5 Å². The smallest absolute Gasteiger partial charge is 0.151 e. The predicted octanol–water partition coefficient (Wildman–Crippen LogP) is 1.10. The van der Waals surface area contributed by atoms with Crippen molar-refractivity contribution in [2.24, 2.45) is 5.92 Å². The van der Waals surface area contributed by atoms with E-state index < -0.39 is 0 Å². The Bertz CT molecular complexity index is 665. The standard InChI is InChI=1S/C16H25N5O2S/c1-23-3-2-4-24-9-12-7-21(8-13(12)22)6-11-5-18-15-14(11)19-10-20-16(15)17/h5,10,12-13,18,22H,2-4,6-9H2,1H3,(H2,17,19,20)/t12-,13?/m1/s1. The molecule has 7 nitrogen and oxygen atoms in total. The summed E-state index contributed by atoms with van der Waals surface area (Å²) >= 11 is 1.90. The summed E-state index contributed by atoms with van der Waals surface area (Å²) in [6.45, 7) is 3.18. The summed E-state index contributed by atoms with van der Waals surface area (Å²) in [5.74, 6) is 2.86. The van der Waals surface area contributed by atoms with Crippen molar-refractivity contribution < 1.29 is 9.84 Å². The molecule has 0 aliphatic carbocycles. The van der Waals surface area contributed by atoms with Gasteiger partial charge in [0.25, 0.3) is 0 Å². The summed E-state index contributed by atoms with van der Waals surface area (Å²) in [5.41, 5.74) is 8.62. The van der Waals surface area contributed by atoms with E-state index in [1.54, 1.807) is 7.11 Å². The van der Waals surface area contributed by atoms with Gasteiger partial charge in [-0.3, -0.25) is 4.90 Å². The summed E-state index contributed by atoms with van der Waals surface area (Å²) in [7, 11) is 1.73. The van der Waals surface area contributed by atoms with Gasteiger partial charge in [-0.1, -0.05) is 0 Å². The number of aliphatic hydroxyl groups excluding tert-OH is 1. The minimum Gasteiger partial charge on any atom is -0.391 e. The number of β-amino-alcohol motifs (C(OH)–C–C–N with tert-alkyl or cyclic N) is 1. The third-order valence-electron chi connectivity index (χ3n) is 4.42. The number of nitrogens with two attached hydrogens (primary N) is 1. The fourth-order valence-electron chi connectivity index (χ4n) is 3.15. The first-order chi connectivity index (χ1) is 11.7. The summed E-state index contributed by atoms with van der Waals surface area (Å²) in [4.78, 5) is 13.8. The second-order valence-electron chi connectivity index (χ2n) is 6.24. The number of nitrogen functional groups attached to an aromatic ring is 1. The van der Waals surface area contributed by atoms with Gasteiger partial charge in [-0.25, -0.2) is 9.97 Å². The van der Waals surface area contributed by atoms with Crippen molar-refractivity contribution in [2.75, 3.05) is 44.0 Å². The Hall–Kier alpha value is -1.35. The van der Waals surface area contributed by atoms with E-state index in [9.17, 15) is 5.11 Å². The van der Waals surface area contributed by atoms with E-state index in [1.165, 1.54) is 6.33 Å². The number of fused-ring (bicyclic) bond motifs is 1. The van der Waals surface area contributed by atoms with Crippen LogP contribution in [0.4, 0.5) is 5.82 Å². The van der Waals surface area contributed by atoms with Crippen molar-refractivity contribution in [1.82, 2.24) is 19.9 Å². The SMILES string of the molecule is COCCCSC[C@H]1CN(Cc2c[nH]c3c(N)ncnc23)CC1O. The number of likely N-dealkylation sites (tertiary alicyclic amines) is 1. The Morgan fingerprint density at radius 2 is 2.33 bits per heavy atom. The third kappa shape index (κ3) is 4.00. The Morgan fingerprint density at radius 1 is 1.46 bits per heavy atom.